The van der Waals surface area contributed by atoms with Crippen LogP contribution in [0.4, 0.5) is 0 Å². The van der Waals surface area contributed by atoms with Crippen molar-refractivity contribution in [1.29, 1.82) is 0 Å². The molecule has 0 saturated heterocycles. The lowest BCUT2D eigenvalue weighted by Crippen LogP contribution is -2.03. The Labute approximate surface area is 161 Å². The molecular weight excluding hydrogens is 382 g/mol. The summed E-state index contributed by atoms with van der Waals surface area (Å²) in [6, 6.07) is 28.1. The second kappa shape index (κ2) is 6.30. The van der Waals surface area contributed by atoms with Crippen LogP contribution in [0.25, 0.3) is 33.8 Å². The summed E-state index contributed by atoms with van der Waals surface area (Å²) in [7, 11) is 0. The largest absolute Gasteiger partial charge is 0.309 e. The average molecular weight is 400 g/mol. The van der Waals surface area contributed by atoms with E-state index in [1.807, 2.05) is 0 Å². The first kappa shape index (κ1) is 15.7. The third-order valence-electron chi connectivity index (χ3n) is 5.16. The molecule has 0 fully saturated rings. The smallest absolute Gasteiger partial charge is 0.0540 e. The van der Waals surface area contributed by atoms with E-state index in [0.717, 1.165) is 12.8 Å². The third-order valence-corrected chi connectivity index (χ3v) is 5.78. The monoisotopic (exact) mass is 399 g/mol. The number of rotatable bonds is 2. The zero-order valence-corrected chi connectivity index (χ0v) is 15.9. The summed E-state index contributed by atoms with van der Waals surface area (Å²) in [6.45, 7) is 0. The van der Waals surface area contributed by atoms with E-state index >= 15 is 0 Å². The van der Waals surface area contributed by atoms with Gasteiger partial charge in [0.2, 0.25) is 0 Å². The van der Waals surface area contributed by atoms with E-state index in [9.17, 15) is 0 Å². The molecule has 4 aromatic rings. The van der Waals surface area contributed by atoms with Crippen LogP contribution < -0.4 is 0 Å². The van der Waals surface area contributed by atoms with Crippen molar-refractivity contribution in [2.45, 2.75) is 12.8 Å². The molecule has 0 saturated carbocycles. The fraction of sp³-hybridized carbons (Fsp3) is 0.0833. The number of para-hydroxylation sites is 2. The van der Waals surface area contributed by atoms with Crippen LogP contribution in [0.3, 0.4) is 0 Å². The topological polar surface area (TPSA) is 4.93 Å². The Morgan fingerprint density at radius 3 is 2.35 bits per heavy atom. The lowest BCUT2D eigenvalue weighted by Gasteiger charge is -2.17. The van der Waals surface area contributed by atoms with Crippen molar-refractivity contribution in [3.05, 3.63) is 94.6 Å². The molecule has 0 bridgehead atoms. The van der Waals surface area contributed by atoms with Crippen LogP contribution in [0.5, 0.6) is 0 Å². The average Bonchev–Trinajstić information content (AvgIpc) is 3.02. The highest BCUT2D eigenvalue weighted by Crippen LogP contribution is 2.39. The number of benzene rings is 3. The molecular formula is C24H18BrN. The van der Waals surface area contributed by atoms with Crippen molar-refractivity contribution >= 4 is 32.9 Å². The summed E-state index contributed by atoms with van der Waals surface area (Å²) in [5.74, 6) is 0. The van der Waals surface area contributed by atoms with Crippen molar-refractivity contribution < 1.29 is 0 Å². The molecule has 0 aliphatic heterocycles. The van der Waals surface area contributed by atoms with Gasteiger partial charge < -0.3 is 4.57 Å². The van der Waals surface area contributed by atoms with Gasteiger partial charge in [0.1, 0.15) is 0 Å². The predicted molar refractivity (Wildman–Crippen MR) is 114 cm³/mol. The van der Waals surface area contributed by atoms with Gasteiger partial charge in [-0.1, -0.05) is 82.7 Å². The maximum Gasteiger partial charge on any atom is 0.0540 e. The van der Waals surface area contributed by atoms with E-state index in [4.69, 9.17) is 0 Å². The summed E-state index contributed by atoms with van der Waals surface area (Å²) >= 11 is 3.73. The second-order valence-corrected chi connectivity index (χ2v) is 7.71. The molecule has 1 nitrogen and oxygen atoms in total. The van der Waals surface area contributed by atoms with Crippen molar-refractivity contribution in [3.8, 4) is 16.8 Å². The van der Waals surface area contributed by atoms with Crippen LogP contribution in [-0.2, 0) is 6.42 Å². The minimum Gasteiger partial charge on any atom is -0.309 e. The Morgan fingerprint density at radius 2 is 1.46 bits per heavy atom. The number of halogens is 1. The van der Waals surface area contributed by atoms with Crippen LogP contribution in [-0.4, -0.2) is 4.57 Å². The van der Waals surface area contributed by atoms with Crippen LogP contribution in [0.2, 0.25) is 0 Å². The minimum absolute atomic E-state index is 1.07. The minimum atomic E-state index is 1.07. The van der Waals surface area contributed by atoms with Crippen LogP contribution in [0.1, 0.15) is 17.7 Å². The van der Waals surface area contributed by atoms with E-state index in [2.05, 4.69) is 105 Å². The molecule has 0 unspecified atom stereocenters. The zero-order chi connectivity index (χ0) is 17.5. The highest BCUT2D eigenvalue weighted by atomic mass is 79.9. The van der Waals surface area contributed by atoms with Gasteiger partial charge in [-0.25, -0.2) is 0 Å². The van der Waals surface area contributed by atoms with E-state index in [-0.39, 0.29) is 0 Å². The molecule has 1 aliphatic rings. The molecule has 3 aromatic carbocycles. The molecule has 1 heterocycles. The lowest BCUT2D eigenvalue weighted by atomic mass is 10.0. The van der Waals surface area contributed by atoms with E-state index in [1.165, 1.54) is 43.5 Å². The van der Waals surface area contributed by atoms with E-state index in [1.54, 1.807) is 0 Å². The van der Waals surface area contributed by atoms with Crippen molar-refractivity contribution in [3.63, 3.8) is 0 Å². The van der Waals surface area contributed by atoms with Gasteiger partial charge in [-0.2, -0.15) is 0 Å². The van der Waals surface area contributed by atoms with Gasteiger partial charge in [-0.05, 0) is 46.7 Å². The maximum atomic E-state index is 3.73. The Bertz CT molecular complexity index is 1140. The predicted octanol–water partition coefficient (Wildman–Crippen LogP) is 6.98. The van der Waals surface area contributed by atoms with Gasteiger partial charge in [0, 0.05) is 10.9 Å². The van der Waals surface area contributed by atoms with Crippen molar-refractivity contribution in [1.82, 2.24) is 4.57 Å². The Kier molecular flexibility index (Phi) is 3.79. The molecule has 5 rings (SSSR count). The molecule has 0 atom stereocenters. The molecule has 1 aliphatic carbocycles. The van der Waals surface area contributed by atoms with Gasteiger partial charge >= 0.3 is 0 Å². The number of hydrogen-bond acceptors (Lipinski definition) is 0. The highest BCUT2D eigenvalue weighted by molar-refractivity contribution is 9.11. The van der Waals surface area contributed by atoms with Crippen LogP contribution >= 0.6 is 15.9 Å². The molecule has 2 heteroatoms. The number of nitrogens with zero attached hydrogens (tertiary/aromatic N) is 1. The van der Waals surface area contributed by atoms with E-state index in [0.29, 0.717) is 0 Å². The first-order chi connectivity index (χ1) is 12.8. The van der Waals surface area contributed by atoms with Crippen LogP contribution in [0, 0.1) is 0 Å². The summed E-state index contributed by atoms with van der Waals surface area (Å²) in [5, 5.41) is 1.36. The number of aryl methyl sites for hydroxylation is 1. The maximum absolute atomic E-state index is 3.73. The molecule has 0 radical (unpaired) electrons. The normalized spacial score (nSPS) is 13.5. The van der Waals surface area contributed by atoms with Gasteiger partial charge in [0.25, 0.3) is 0 Å². The van der Waals surface area contributed by atoms with Crippen LogP contribution in [0.15, 0.2) is 83.3 Å². The molecule has 0 spiro atoms. The number of fused-ring (bicyclic) bond motifs is 3. The lowest BCUT2D eigenvalue weighted by molar-refractivity contribution is 0.960. The van der Waals surface area contributed by atoms with Gasteiger partial charge in [0.15, 0.2) is 0 Å². The Hall–Kier alpha value is -2.58. The fourth-order valence-corrected chi connectivity index (χ4v) is 4.41. The van der Waals surface area contributed by atoms with E-state index < -0.39 is 0 Å². The summed E-state index contributed by atoms with van der Waals surface area (Å²) in [6.07, 6.45) is 4.44. The first-order valence-corrected chi connectivity index (χ1v) is 9.75. The summed E-state index contributed by atoms with van der Waals surface area (Å²) < 4.78 is 3.69. The number of aromatic nitrogens is 1. The number of allylic oxidation sites excluding steroid dienone is 1. The van der Waals surface area contributed by atoms with Crippen molar-refractivity contribution in [2.75, 3.05) is 0 Å². The molecule has 126 valence electrons. The van der Waals surface area contributed by atoms with Gasteiger partial charge in [-0.3, -0.25) is 0 Å². The Morgan fingerprint density at radius 1 is 0.731 bits per heavy atom. The fourth-order valence-electron chi connectivity index (χ4n) is 4.00. The van der Waals surface area contributed by atoms with Crippen molar-refractivity contribution in [2.24, 2.45) is 0 Å². The molecule has 1 aromatic heterocycles. The van der Waals surface area contributed by atoms with Gasteiger partial charge in [0.05, 0.1) is 16.9 Å². The SMILES string of the molecule is BrC1=Cc2c(c3ccccc3n2-c2ccccc2-c2ccccc2)CC1. The molecule has 0 N–H and O–H groups in total. The zero-order valence-electron chi connectivity index (χ0n) is 14.3. The van der Waals surface area contributed by atoms with Gasteiger partial charge in [-0.15, -0.1) is 0 Å². The molecule has 26 heavy (non-hydrogen) atoms. The summed E-state index contributed by atoms with van der Waals surface area (Å²) in [5.41, 5.74) is 7.76. The first-order valence-electron chi connectivity index (χ1n) is 8.96. The number of hydrogen-bond donors (Lipinski definition) is 0. The Balaban J connectivity index is 1.87. The summed E-state index contributed by atoms with van der Waals surface area (Å²) in [4.78, 5) is 0. The second-order valence-electron chi connectivity index (χ2n) is 6.69. The quantitative estimate of drug-likeness (QED) is 0.342. The third kappa shape index (κ3) is 2.45. The highest BCUT2D eigenvalue weighted by Gasteiger charge is 2.21. The standard InChI is InChI=1S/C24H18BrN/c25-18-14-15-21-20-11-5-7-13-23(20)26(24(21)16-18)22-12-6-4-10-19(22)17-8-2-1-3-9-17/h1-13,16H,14-15H2. The molecule has 0 amide bonds.